The summed E-state index contributed by atoms with van der Waals surface area (Å²) in [6.45, 7) is 5.08. The second kappa shape index (κ2) is 11.9. The van der Waals surface area contributed by atoms with Crippen molar-refractivity contribution in [2.75, 3.05) is 32.7 Å². The summed E-state index contributed by atoms with van der Waals surface area (Å²) in [4.78, 5) is 30.3. The summed E-state index contributed by atoms with van der Waals surface area (Å²) < 4.78 is 5.98. The Bertz CT molecular complexity index is 971. The number of aliphatic imine (C=N–C) groups is 1. The Morgan fingerprint density at radius 1 is 1.18 bits per heavy atom. The zero-order valence-corrected chi connectivity index (χ0v) is 21.0. The van der Waals surface area contributed by atoms with E-state index in [0.29, 0.717) is 31.7 Å². The number of hydrogen-bond acceptors (Lipinski definition) is 4. The van der Waals surface area contributed by atoms with Gasteiger partial charge in [0, 0.05) is 31.6 Å². The van der Waals surface area contributed by atoms with Gasteiger partial charge in [-0.25, -0.2) is 4.99 Å². The number of fused-ring (bicyclic) bond motifs is 1. The lowest BCUT2D eigenvalue weighted by Crippen LogP contribution is -2.49. The van der Waals surface area contributed by atoms with Crippen LogP contribution < -0.4 is 20.7 Å². The van der Waals surface area contributed by atoms with Crippen LogP contribution in [0.4, 0.5) is 0 Å². The van der Waals surface area contributed by atoms with E-state index in [1.165, 1.54) is 5.56 Å². The van der Waals surface area contributed by atoms with Gasteiger partial charge in [0.1, 0.15) is 11.9 Å². The third-order valence-corrected chi connectivity index (χ3v) is 5.50. The molecule has 0 radical (unpaired) electrons. The Labute approximate surface area is 211 Å². The van der Waals surface area contributed by atoms with Crippen LogP contribution >= 0.6 is 24.0 Å². The lowest BCUT2D eigenvalue weighted by molar-refractivity contribution is -0.123. The van der Waals surface area contributed by atoms with Crippen molar-refractivity contribution in [2.45, 2.75) is 26.0 Å². The fourth-order valence-corrected chi connectivity index (χ4v) is 3.84. The fraction of sp³-hybridized carbons (Fsp3) is 0.375. The molecule has 8 nitrogen and oxygen atoms in total. The first-order chi connectivity index (χ1) is 15.6. The van der Waals surface area contributed by atoms with Gasteiger partial charge in [-0.1, -0.05) is 30.3 Å². The van der Waals surface area contributed by atoms with E-state index in [-0.39, 0.29) is 48.4 Å². The highest BCUT2D eigenvalue weighted by atomic mass is 127. The number of benzene rings is 2. The number of hydrogen-bond donors (Lipinski definition) is 3. The second-order valence-electron chi connectivity index (χ2n) is 7.90. The Kier molecular flexibility index (Phi) is 8.93. The molecule has 0 aromatic heterocycles. The number of amides is 2. The molecule has 0 spiro atoms. The van der Waals surface area contributed by atoms with Crippen molar-refractivity contribution in [3.05, 3.63) is 65.2 Å². The van der Waals surface area contributed by atoms with Crippen LogP contribution in [0.25, 0.3) is 0 Å². The maximum Gasteiger partial charge on any atom is 0.254 e. The summed E-state index contributed by atoms with van der Waals surface area (Å²) in [7, 11) is 0. The van der Waals surface area contributed by atoms with Gasteiger partial charge in [0.25, 0.3) is 5.91 Å². The first-order valence-electron chi connectivity index (χ1n) is 11.0. The van der Waals surface area contributed by atoms with Gasteiger partial charge in [-0.2, -0.15) is 0 Å². The maximum atomic E-state index is 12.6. The minimum absolute atomic E-state index is 0. The van der Waals surface area contributed by atoms with E-state index < -0.39 is 0 Å². The molecular weight excluding hydrogens is 533 g/mol. The third kappa shape index (κ3) is 6.59. The predicted octanol–water partition coefficient (Wildman–Crippen LogP) is 1.94. The molecule has 2 heterocycles. The molecule has 0 aliphatic carbocycles. The van der Waals surface area contributed by atoms with Crippen molar-refractivity contribution in [1.82, 2.24) is 20.9 Å². The van der Waals surface area contributed by atoms with Gasteiger partial charge >= 0.3 is 0 Å². The average Bonchev–Trinajstić information content (AvgIpc) is 3.24. The molecule has 2 aromatic carbocycles. The highest BCUT2D eigenvalue weighted by Gasteiger charge is 2.23. The number of halogens is 1. The molecular formula is C24H30IN5O3. The van der Waals surface area contributed by atoms with Gasteiger partial charge in [0.2, 0.25) is 5.91 Å². The number of carbonyl (C=O) groups is 2. The molecule has 176 valence electrons. The van der Waals surface area contributed by atoms with Gasteiger partial charge < -0.3 is 25.6 Å². The van der Waals surface area contributed by atoms with E-state index in [9.17, 15) is 9.59 Å². The molecule has 1 unspecified atom stereocenters. The van der Waals surface area contributed by atoms with Crippen LogP contribution in [0.15, 0.2) is 53.5 Å². The molecule has 0 saturated carbocycles. The number of rotatable bonds is 6. The third-order valence-electron chi connectivity index (χ3n) is 5.50. The highest BCUT2D eigenvalue weighted by Crippen LogP contribution is 2.27. The van der Waals surface area contributed by atoms with E-state index in [1.54, 1.807) is 17.0 Å². The second-order valence-corrected chi connectivity index (χ2v) is 7.90. The van der Waals surface area contributed by atoms with Crippen LogP contribution in [0.5, 0.6) is 5.75 Å². The van der Waals surface area contributed by atoms with Gasteiger partial charge in [-0.15, -0.1) is 24.0 Å². The lowest BCUT2D eigenvalue weighted by Gasteiger charge is -2.26. The summed E-state index contributed by atoms with van der Waals surface area (Å²) in [5.41, 5.74) is 2.82. The standard InChI is InChI=1S/C24H29N5O3.HI/c1-2-25-24(28-15-20-13-19-5-3-4-6-21(19)32-20)27-14-17-7-9-18(10-8-17)23(31)29-12-11-26-22(30)16-29;/h3-10,20H,2,11-16H2,1H3,(H,26,30)(H2,25,27,28);1H. The summed E-state index contributed by atoms with van der Waals surface area (Å²) in [5.74, 6) is 1.45. The molecule has 3 N–H and O–H groups in total. The SMILES string of the molecule is CCNC(=NCc1ccc(C(=O)N2CCNC(=O)C2)cc1)NCC1Cc2ccccc2O1.I. The van der Waals surface area contributed by atoms with E-state index in [4.69, 9.17) is 4.74 Å². The Morgan fingerprint density at radius 3 is 2.70 bits per heavy atom. The topological polar surface area (TPSA) is 95.1 Å². The van der Waals surface area contributed by atoms with Crippen molar-refractivity contribution < 1.29 is 14.3 Å². The minimum Gasteiger partial charge on any atom is -0.488 e. The molecule has 33 heavy (non-hydrogen) atoms. The summed E-state index contributed by atoms with van der Waals surface area (Å²) in [5, 5.41) is 9.35. The molecule has 2 aliphatic rings. The number of guanidine groups is 1. The van der Waals surface area contributed by atoms with Crippen LogP contribution in [-0.2, 0) is 17.8 Å². The smallest absolute Gasteiger partial charge is 0.254 e. The van der Waals surface area contributed by atoms with Crippen LogP contribution in [0.3, 0.4) is 0 Å². The first kappa shape index (κ1) is 24.8. The number of nitrogens with one attached hydrogen (secondary N) is 3. The number of piperazine rings is 1. The molecule has 1 fully saturated rings. The van der Waals surface area contributed by atoms with Crippen molar-refractivity contribution in [1.29, 1.82) is 0 Å². The fourth-order valence-electron chi connectivity index (χ4n) is 3.84. The van der Waals surface area contributed by atoms with Crippen molar-refractivity contribution in [3.8, 4) is 5.75 Å². The quantitative estimate of drug-likeness (QED) is 0.284. The van der Waals surface area contributed by atoms with Crippen molar-refractivity contribution in [3.63, 3.8) is 0 Å². The molecule has 2 amide bonds. The van der Waals surface area contributed by atoms with Crippen LogP contribution in [0, 0.1) is 0 Å². The normalized spacial score (nSPS) is 17.4. The number of nitrogens with zero attached hydrogens (tertiary/aromatic N) is 2. The average molecular weight is 563 g/mol. The zero-order chi connectivity index (χ0) is 22.3. The van der Waals surface area contributed by atoms with Crippen LogP contribution in [0.2, 0.25) is 0 Å². The largest absolute Gasteiger partial charge is 0.488 e. The van der Waals surface area contributed by atoms with Crippen molar-refractivity contribution >= 4 is 41.8 Å². The van der Waals surface area contributed by atoms with Gasteiger partial charge in [0.05, 0.1) is 19.6 Å². The van der Waals surface area contributed by atoms with Crippen LogP contribution in [-0.4, -0.2) is 61.5 Å². The van der Waals surface area contributed by atoms with Crippen molar-refractivity contribution in [2.24, 2.45) is 4.99 Å². The van der Waals surface area contributed by atoms with E-state index in [2.05, 4.69) is 27.0 Å². The highest BCUT2D eigenvalue weighted by molar-refractivity contribution is 14.0. The summed E-state index contributed by atoms with van der Waals surface area (Å²) in [6, 6.07) is 15.5. The first-order valence-corrected chi connectivity index (χ1v) is 11.0. The van der Waals surface area contributed by atoms with Crippen LogP contribution in [0.1, 0.15) is 28.4 Å². The van der Waals surface area contributed by atoms with E-state index in [1.807, 2.05) is 37.3 Å². The van der Waals surface area contributed by atoms with Gasteiger partial charge in [-0.3, -0.25) is 9.59 Å². The Balaban J connectivity index is 0.00000306. The molecule has 0 bridgehead atoms. The molecule has 1 saturated heterocycles. The summed E-state index contributed by atoms with van der Waals surface area (Å²) in [6.07, 6.45) is 0.968. The van der Waals surface area contributed by atoms with Gasteiger partial charge in [-0.05, 0) is 36.2 Å². The minimum atomic E-state index is -0.123. The number of carbonyl (C=O) groups excluding carboxylic acids is 2. The lowest BCUT2D eigenvalue weighted by atomic mass is 10.1. The molecule has 1 atom stereocenters. The predicted molar refractivity (Wildman–Crippen MR) is 138 cm³/mol. The zero-order valence-electron chi connectivity index (χ0n) is 18.7. The Hall–Kier alpha value is -2.82. The van der Waals surface area contributed by atoms with Gasteiger partial charge in [0.15, 0.2) is 5.96 Å². The monoisotopic (exact) mass is 563 g/mol. The van der Waals surface area contributed by atoms with E-state index in [0.717, 1.165) is 30.2 Å². The molecule has 2 aromatic rings. The molecule has 9 heteroatoms. The molecule has 2 aliphatic heterocycles. The molecule has 4 rings (SSSR count). The number of para-hydroxylation sites is 1. The Morgan fingerprint density at radius 2 is 1.97 bits per heavy atom. The van der Waals surface area contributed by atoms with E-state index >= 15 is 0 Å². The number of ether oxygens (including phenoxy) is 1. The maximum absolute atomic E-state index is 12.6. The summed E-state index contributed by atoms with van der Waals surface area (Å²) >= 11 is 0.